The average molecular weight is 354 g/mol. The van der Waals surface area contributed by atoms with Crippen molar-refractivity contribution in [2.45, 2.75) is 19.0 Å². The number of hydrogen-bond acceptors (Lipinski definition) is 5. The lowest BCUT2D eigenvalue weighted by Gasteiger charge is -2.21. The molecular formula is C18H22N6O2. The summed E-state index contributed by atoms with van der Waals surface area (Å²) in [6.07, 6.45) is 4.67. The minimum absolute atomic E-state index is 0.272. The molecule has 3 aromatic heterocycles. The molecule has 8 nitrogen and oxygen atoms in total. The van der Waals surface area contributed by atoms with E-state index in [0.717, 1.165) is 41.7 Å². The summed E-state index contributed by atoms with van der Waals surface area (Å²) >= 11 is 0. The van der Waals surface area contributed by atoms with E-state index in [4.69, 9.17) is 0 Å². The van der Waals surface area contributed by atoms with Gasteiger partial charge < -0.3 is 15.2 Å². The number of H-pyrrole nitrogens is 1. The molecule has 8 heteroatoms. The van der Waals surface area contributed by atoms with E-state index in [1.54, 1.807) is 7.05 Å². The number of fused-ring (bicyclic) bond motifs is 1. The van der Waals surface area contributed by atoms with E-state index in [0.29, 0.717) is 11.9 Å². The van der Waals surface area contributed by atoms with Crippen molar-refractivity contribution in [2.24, 2.45) is 14.1 Å². The van der Waals surface area contributed by atoms with Gasteiger partial charge in [0.15, 0.2) is 0 Å². The maximum atomic E-state index is 12.1. The van der Waals surface area contributed by atoms with Crippen molar-refractivity contribution in [3.8, 4) is 0 Å². The fraction of sp³-hybridized carbons (Fsp3) is 0.389. The first-order valence-electron chi connectivity index (χ1n) is 8.71. The van der Waals surface area contributed by atoms with Gasteiger partial charge in [0.05, 0.1) is 0 Å². The quantitative estimate of drug-likeness (QED) is 0.705. The molecule has 0 bridgehead atoms. The molecule has 1 aliphatic heterocycles. The second-order valence-corrected chi connectivity index (χ2v) is 6.76. The molecule has 1 atom stereocenters. The van der Waals surface area contributed by atoms with Crippen molar-refractivity contribution >= 4 is 16.9 Å². The Kier molecular flexibility index (Phi) is 4.12. The molecule has 2 N–H and O–H groups in total. The van der Waals surface area contributed by atoms with Crippen LogP contribution >= 0.6 is 0 Å². The van der Waals surface area contributed by atoms with Gasteiger partial charge in [0, 0.05) is 63.6 Å². The maximum Gasteiger partial charge on any atom is 0.332 e. The van der Waals surface area contributed by atoms with Gasteiger partial charge in [-0.25, -0.2) is 9.78 Å². The molecule has 0 saturated carbocycles. The van der Waals surface area contributed by atoms with Crippen LogP contribution in [0.1, 0.15) is 12.0 Å². The third-order valence-corrected chi connectivity index (χ3v) is 5.14. The van der Waals surface area contributed by atoms with Gasteiger partial charge in [0.1, 0.15) is 11.5 Å². The van der Waals surface area contributed by atoms with E-state index in [-0.39, 0.29) is 11.2 Å². The lowest BCUT2D eigenvalue weighted by molar-refractivity contribution is 0.551. The van der Waals surface area contributed by atoms with Crippen LogP contribution < -0.4 is 21.5 Å². The van der Waals surface area contributed by atoms with Crippen LogP contribution in [0.4, 0.5) is 5.82 Å². The lowest BCUT2D eigenvalue weighted by atomic mass is 10.1. The molecule has 26 heavy (non-hydrogen) atoms. The molecule has 0 amide bonds. The molecule has 4 rings (SSSR count). The van der Waals surface area contributed by atoms with Crippen LogP contribution in [0, 0.1) is 0 Å². The number of pyridine rings is 1. The zero-order valence-electron chi connectivity index (χ0n) is 14.9. The van der Waals surface area contributed by atoms with Crippen LogP contribution in [-0.4, -0.2) is 38.2 Å². The third-order valence-electron chi connectivity index (χ3n) is 5.14. The van der Waals surface area contributed by atoms with Crippen molar-refractivity contribution < 1.29 is 0 Å². The number of anilines is 1. The van der Waals surface area contributed by atoms with Crippen molar-refractivity contribution in [1.29, 1.82) is 0 Å². The van der Waals surface area contributed by atoms with E-state index in [2.05, 4.69) is 20.2 Å². The number of hydrogen-bond donors (Lipinski definition) is 2. The van der Waals surface area contributed by atoms with Crippen molar-refractivity contribution in [3.05, 3.63) is 57.0 Å². The Bertz CT molecular complexity index is 1060. The van der Waals surface area contributed by atoms with Gasteiger partial charge in [-0.3, -0.25) is 13.9 Å². The summed E-state index contributed by atoms with van der Waals surface area (Å²) in [5.74, 6) is 0.680. The highest BCUT2D eigenvalue weighted by Crippen LogP contribution is 2.19. The Hall–Kier alpha value is -2.87. The number of rotatable bonds is 4. The Morgan fingerprint density at radius 1 is 1.27 bits per heavy atom. The van der Waals surface area contributed by atoms with Crippen LogP contribution in [0.25, 0.3) is 11.0 Å². The Morgan fingerprint density at radius 3 is 2.96 bits per heavy atom. The zero-order chi connectivity index (χ0) is 18.3. The van der Waals surface area contributed by atoms with Gasteiger partial charge >= 0.3 is 5.69 Å². The first-order chi connectivity index (χ1) is 12.5. The van der Waals surface area contributed by atoms with Gasteiger partial charge in [0.2, 0.25) is 0 Å². The highest BCUT2D eigenvalue weighted by atomic mass is 16.2. The minimum atomic E-state index is -0.296. The van der Waals surface area contributed by atoms with Crippen LogP contribution in [-0.2, 0) is 20.6 Å². The molecule has 4 heterocycles. The fourth-order valence-corrected chi connectivity index (χ4v) is 3.59. The van der Waals surface area contributed by atoms with Crippen LogP contribution in [0.3, 0.4) is 0 Å². The van der Waals surface area contributed by atoms with Crippen molar-refractivity contribution in [2.75, 3.05) is 18.0 Å². The third kappa shape index (κ3) is 2.82. The van der Waals surface area contributed by atoms with Crippen LogP contribution in [0.2, 0.25) is 0 Å². The summed E-state index contributed by atoms with van der Waals surface area (Å²) < 4.78 is 2.66. The van der Waals surface area contributed by atoms with Gasteiger partial charge in [-0.15, -0.1) is 0 Å². The molecule has 3 aromatic rings. The predicted octanol–water partition coefficient (Wildman–Crippen LogP) is 0.329. The Labute approximate surface area is 150 Å². The van der Waals surface area contributed by atoms with Crippen LogP contribution in [0.5, 0.6) is 0 Å². The second-order valence-electron chi connectivity index (χ2n) is 6.76. The summed E-state index contributed by atoms with van der Waals surface area (Å²) in [4.78, 5) is 33.6. The smallest absolute Gasteiger partial charge is 0.332 e. The zero-order valence-corrected chi connectivity index (χ0v) is 14.9. The summed E-state index contributed by atoms with van der Waals surface area (Å²) in [7, 11) is 3.21. The van der Waals surface area contributed by atoms with E-state index in [1.807, 2.05) is 24.5 Å². The molecule has 0 aliphatic carbocycles. The number of nitrogens with zero attached hydrogens (tertiary/aromatic N) is 4. The topological polar surface area (TPSA) is 87.9 Å². The summed E-state index contributed by atoms with van der Waals surface area (Å²) in [6, 6.07) is 5.91. The highest BCUT2D eigenvalue weighted by molar-refractivity contribution is 5.79. The predicted molar refractivity (Wildman–Crippen MR) is 100 cm³/mol. The van der Waals surface area contributed by atoms with Crippen LogP contribution in [0.15, 0.2) is 40.2 Å². The second kappa shape index (κ2) is 6.45. The van der Waals surface area contributed by atoms with Gasteiger partial charge in [-0.05, 0) is 24.1 Å². The molecule has 0 radical (unpaired) electrons. The van der Waals surface area contributed by atoms with Gasteiger partial charge in [-0.2, -0.15) is 0 Å². The first-order valence-corrected chi connectivity index (χ1v) is 8.71. The number of aromatic amines is 1. The van der Waals surface area contributed by atoms with Crippen molar-refractivity contribution in [1.82, 2.24) is 24.4 Å². The van der Waals surface area contributed by atoms with E-state index >= 15 is 0 Å². The van der Waals surface area contributed by atoms with E-state index in [1.165, 1.54) is 23.2 Å². The number of aromatic nitrogens is 4. The van der Waals surface area contributed by atoms with E-state index in [9.17, 15) is 9.59 Å². The average Bonchev–Trinajstić information content (AvgIpc) is 3.30. The fourth-order valence-electron chi connectivity index (χ4n) is 3.59. The SMILES string of the molecule is Cn1c(N2CC[C@H](NCc3ccnc4[nH]ccc34)C2)cc(=O)n(C)c1=O. The summed E-state index contributed by atoms with van der Waals surface area (Å²) in [6.45, 7) is 2.33. The van der Waals surface area contributed by atoms with Crippen molar-refractivity contribution in [3.63, 3.8) is 0 Å². The summed E-state index contributed by atoms with van der Waals surface area (Å²) in [5.41, 5.74) is 1.53. The largest absolute Gasteiger partial charge is 0.356 e. The Balaban J connectivity index is 1.47. The standard InChI is InChI=1S/C18H22N6O2/c1-22-15(9-16(25)23(2)18(22)26)24-8-5-13(11-24)21-10-12-3-6-19-17-14(12)4-7-20-17/h3-4,6-7,9,13,21H,5,8,10-11H2,1-2H3,(H,19,20)/t13-/m0/s1. The molecular weight excluding hydrogens is 332 g/mol. The minimum Gasteiger partial charge on any atom is -0.356 e. The summed E-state index contributed by atoms with van der Waals surface area (Å²) in [5, 5.41) is 4.71. The molecule has 1 fully saturated rings. The normalized spacial score (nSPS) is 17.3. The monoisotopic (exact) mass is 354 g/mol. The molecule has 1 aliphatic rings. The van der Waals surface area contributed by atoms with Gasteiger partial charge in [0.25, 0.3) is 5.56 Å². The maximum absolute atomic E-state index is 12.1. The highest BCUT2D eigenvalue weighted by Gasteiger charge is 2.24. The molecule has 0 aromatic carbocycles. The first kappa shape index (κ1) is 16.6. The molecule has 1 saturated heterocycles. The molecule has 136 valence electrons. The van der Waals surface area contributed by atoms with Gasteiger partial charge in [-0.1, -0.05) is 0 Å². The molecule has 0 spiro atoms. The van der Waals surface area contributed by atoms with E-state index < -0.39 is 0 Å². The Morgan fingerprint density at radius 2 is 2.12 bits per heavy atom. The molecule has 0 unspecified atom stereocenters. The number of nitrogens with one attached hydrogen (secondary N) is 2. The lowest BCUT2D eigenvalue weighted by Crippen LogP contribution is -2.40.